The third kappa shape index (κ3) is 10.6. The van der Waals surface area contributed by atoms with E-state index in [1.165, 1.54) is 43.1 Å². The van der Waals surface area contributed by atoms with E-state index in [-0.39, 0.29) is 0 Å². The topological polar surface area (TPSA) is 73.4 Å². The van der Waals surface area contributed by atoms with Gasteiger partial charge in [-0.05, 0) is 251 Å². The number of benzene rings is 20. The van der Waals surface area contributed by atoms with E-state index >= 15 is 0 Å². The van der Waals surface area contributed by atoms with Gasteiger partial charge in [0.15, 0.2) is 5.82 Å². The van der Waals surface area contributed by atoms with Crippen LogP contribution in [0, 0.1) is 0 Å². The Morgan fingerprint density at radius 1 is 0.144 bits per heavy atom. The van der Waals surface area contributed by atoms with Gasteiger partial charge in [-0.3, -0.25) is 9.13 Å². The van der Waals surface area contributed by atoms with Crippen LogP contribution < -0.4 is 0 Å². The van der Waals surface area contributed by atoms with Crippen LogP contribution in [0.1, 0.15) is 0 Å². The molecule has 9 heterocycles. The zero-order valence-electron chi connectivity index (χ0n) is 71.1. The largest absolute Gasteiger partial charge is 0.456 e. The monoisotopic (exact) mass is 1680 g/mol. The Morgan fingerprint density at radius 2 is 0.409 bits per heavy atom. The van der Waals surface area contributed by atoms with Crippen molar-refractivity contribution in [2.24, 2.45) is 0 Å². The fourth-order valence-electron chi connectivity index (χ4n) is 22.2. The molecule has 20 aromatic carbocycles. The van der Waals surface area contributed by atoms with E-state index in [2.05, 4.69) is 469 Å². The molecule has 612 valence electrons. The smallest absolute Gasteiger partial charge is 0.237 e. The minimum absolute atomic E-state index is 0.536. The fourth-order valence-corrected chi connectivity index (χ4v) is 22.2. The summed E-state index contributed by atoms with van der Waals surface area (Å²) in [6.07, 6.45) is 0. The molecule has 29 rings (SSSR count). The number of nitrogens with zero attached hydrogens (tertiary/aromatic N) is 9. The number of para-hydroxylation sites is 10. The SMILES string of the molecule is c1ccc(-n2c3ccccc3c3cc(-c4ccc5c(c4)c4cc(-c6ccc7c(c6)c6ccccc6n7-c6ccccc6)ccc4n5-c4nc(-n5c6ccc(-c7ccc8c(c7)c7ccccc7n8-c7ccccc7)cc6c6cc(-c7ccc8c(c7)c7ccccc7n8-c7ccccc7)ccc65)c5cc(-n6c7ccccc7c7cc8c(cc76)oc6ccccc68)ccc5n4)ccc32)cc1. The van der Waals surface area contributed by atoms with Gasteiger partial charge in [-0.25, -0.2) is 4.98 Å². The maximum Gasteiger partial charge on any atom is 0.237 e. The highest BCUT2D eigenvalue weighted by atomic mass is 16.3. The molecule has 0 saturated carbocycles. The van der Waals surface area contributed by atoms with Crippen LogP contribution in [0.5, 0.6) is 0 Å². The molecule has 0 N–H and O–H groups in total. The maximum atomic E-state index is 6.76. The molecule has 0 unspecified atom stereocenters. The minimum atomic E-state index is 0.536. The molecule has 10 nitrogen and oxygen atoms in total. The maximum absolute atomic E-state index is 6.76. The van der Waals surface area contributed by atoms with E-state index in [1.54, 1.807) is 0 Å². The van der Waals surface area contributed by atoms with Crippen LogP contribution in [-0.4, -0.2) is 41.9 Å². The number of hydrogen-bond acceptors (Lipinski definition) is 3. The average molecular weight is 1680 g/mol. The summed E-state index contributed by atoms with van der Waals surface area (Å²) < 4.78 is 23.5. The Kier molecular flexibility index (Phi) is 15.2. The Labute approximate surface area is 754 Å². The summed E-state index contributed by atoms with van der Waals surface area (Å²) in [6, 6.07) is 163. The van der Waals surface area contributed by atoms with Gasteiger partial charge in [0.1, 0.15) is 11.2 Å². The first-order valence-corrected chi connectivity index (χ1v) is 45.2. The van der Waals surface area contributed by atoms with Gasteiger partial charge >= 0.3 is 0 Å². The van der Waals surface area contributed by atoms with Crippen molar-refractivity contribution in [3.8, 4) is 84.7 Å². The second-order valence-corrected chi connectivity index (χ2v) is 35.1. The quantitative estimate of drug-likeness (QED) is 0.130. The zero-order chi connectivity index (χ0) is 86.1. The van der Waals surface area contributed by atoms with Gasteiger partial charge in [-0.15, -0.1) is 0 Å². The molecular weight excluding hydrogens is 1610 g/mol. The lowest BCUT2D eigenvalue weighted by Crippen LogP contribution is -2.08. The Bertz CT molecular complexity index is 9560. The number of aromatic nitrogens is 9. The summed E-state index contributed by atoms with van der Waals surface area (Å²) in [4.78, 5) is 12.2. The second kappa shape index (κ2) is 27.8. The summed E-state index contributed by atoms with van der Waals surface area (Å²) >= 11 is 0. The third-order valence-corrected chi connectivity index (χ3v) is 28.1. The number of furan rings is 1. The third-order valence-electron chi connectivity index (χ3n) is 28.1. The molecule has 0 atom stereocenters. The Morgan fingerprint density at radius 3 is 0.750 bits per heavy atom. The highest BCUT2D eigenvalue weighted by molar-refractivity contribution is 6.21. The van der Waals surface area contributed by atoms with Crippen LogP contribution >= 0.6 is 0 Å². The first-order valence-electron chi connectivity index (χ1n) is 45.2. The molecule has 0 aliphatic carbocycles. The summed E-state index contributed by atoms with van der Waals surface area (Å²) in [7, 11) is 0. The van der Waals surface area contributed by atoms with Crippen molar-refractivity contribution < 1.29 is 4.42 Å². The van der Waals surface area contributed by atoms with E-state index < -0.39 is 0 Å². The van der Waals surface area contributed by atoms with Gasteiger partial charge in [-0.1, -0.05) is 231 Å². The van der Waals surface area contributed by atoms with Crippen LogP contribution in [0.25, 0.3) is 270 Å². The van der Waals surface area contributed by atoms with Gasteiger partial charge in [0.2, 0.25) is 5.95 Å². The average Bonchev–Trinajstić information content (AvgIpc) is 1.59. The molecule has 0 spiro atoms. The predicted octanol–water partition coefficient (Wildman–Crippen LogP) is 31.9. The van der Waals surface area contributed by atoms with Crippen LogP contribution in [0.15, 0.2) is 447 Å². The van der Waals surface area contributed by atoms with E-state index in [0.717, 1.165) is 221 Å². The lowest BCUT2D eigenvalue weighted by Gasteiger charge is -2.16. The Balaban J connectivity index is 0.690. The molecule has 0 saturated heterocycles. The molecule has 132 heavy (non-hydrogen) atoms. The molecule has 9 aromatic heterocycles. The molecule has 0 bridgehead atoms. The molecule has 0 amide bonds. The van der Waals surface area contributed by atoms with E-state index in [4.69, 9.17) is 14.4 Å². The molecular formula is C122H73N9O. The molecule has 29 aromatic rings. The lowest BCUT2D eigenvalue weighted by molar-refractivity contribution is 0.669. The van der Waals surface area contributed by atoms with E-state index in [0.29, 0.717) is 5.95 Å². The number of fused-ring (bicyclic) bond motifs is 25. The van der Waals surface area contributed by atoms with Gasteiger partial charge in [0.05, 0.1) is 82.8 Å². The first kappa shape index (κ1) is 72.3. The van der Waals surface area contributed by atoms with Crippen molar-refractivity contribution in [1.82, 2.24) is 41.9 Å². The summed E-state index contributed by atoms with van der Waals surface area (Å²) in [5.41, 5.74) is 32.1. The van der Waals surface area contributed by atoms with Crippen LogP contribution in [0.4, 0.5) is 0 Å². The summed E-state index contributed by atoms with van der Waals surface area (Å²) in [5.74, 6) is 1.27. The summed E-state index contributed by atoms with van der Waals surface area (Å²) in [5, 5.41) is 19.2. The van der Waals surface area contributed by atoms with Crippen molar-refractivity contribution in [3.05, 3.63) is 443 Å². The van der Waals surface area contributed by atoms with Crippen LogP contribution in [0.3, 0.4) is 0 Å². The zero-order valence-corrected chi connectivity index (χ0v) is 71.1. The summed E-state index contributed by atoms with van der Waals surface area (Å²) in [6.45, 7) is 0. The molecule has 0 fully saturated rings. The van der Waals surface area contributed by atoms with Crippen molar-refractivity contribution in [2.45, 2.75) is 0 Å². The number of rotatable bonds is 11. The van der Waals surface area contributed by atoms with Gasteiger partial charge < -0.3 is 27.3 Å². The molecule has 10 heteroatoms. The highest BCUT2D eigenvalue weighted by Gasteiger charge is 2.28. The fraction of sp³-hybridized carbons (Fsp3) is 0. The van der Waals surface area contributed by atoms with Crippen molar-refractivity contribution in [2.75, 3.05) is 0 Å². The molecule has 0 aliphatic heterocycles. The van der Waals surface area contributed by atoms with Gasteiger partial charge in [0.25, 0.3) is 0 Å². The van der Waals surface area contributed by atoms with Gasteiger partial charge in [0, 0.05) is 126 Å². The van der Waals surface area contributed by atoms with Crippen molar-refractivity contribution >= 4 is 185 Å². The van der Waals surface area contributed by atoms with Crippen molar-refractivity contribution in [1.29, 1.82) is 0 Å². The molecule has 0 aliphatic rings. The van der Waals surface area contributed by atoms with Crippen LogP contribution in [-0.2, 0) is 0 Å². The van der Waals surface area contributed by atoms with E-state index in [1.807, 2.05) is 6.07 Å². The first-order chi connectivity index (χ1) is 65.4. The van der Waals surface area contributed by atoms with Crippen molar-refractivity contribution in [3.63, 3.8) is 0 Å². The highest BCUT2D eigenvalue weighted by Crippen LogP contribution is 2.48. The minimum Gasteiger partial charge on any atom is -0.456 e. The van der Waals surface area contributed by atoms with Gasteiger partial charge in [-0.2, -0.15) is 4.98 Å². The second-order valence-electron chi connectivity index (χ2n) is 35.1. The number of hydrogen-bond donors (Lipinski definition) is 0. The standard InChI is InChI=1S/C122H73N9O/c1-5-25-82(26-6-1)125-105-39-19-13-33-87(105)93-63-74(45-55-110(93)125)78-49-59-114-97(67-78)98-68-79(75-46-56-111-94(64-75)88-34-14-20-40-106(88)126(111)83-27-7-2-8-28-83)50-60-115(98)130(114)121-103-71-86(129-109-43-23-17-37-91(109)101-72-102-92-38-18-24-44-119(92)132-120(102)73-118(101)129)53-54-104(103)123-122(124-121)131-116-61-51-80(76-47-57-112-95(65-76)89-35-15-21-41-107(89)127(112)84-29-9-3-10-30-84)69-99(116)100-70-81(52-62-117(100)131)77-48-58-113-96(66-77)90-36-16-22-42-108(90)128(113)85-31-11-4-12-32-85/h1-73H. The molecule has 0 radical (unpaired) electrons. The lowest BCUT2D eigenvalue weighted by atomic mass is 9.98. The normalized spacial score (nSPS) is 12.2. The van der Waals surface area contributed by atoms with E-state index in [9.17, 15) is 0 Å². The predicted molar refractivity (Wildman–Crippen MR) is 549 cm³/mol. The Hall–Kier alpha value is -17.9. The van der Waals surface area contributed by atoms with Crippen LogP contribution in [0.2, 0.25) is 0 Å².